The molecule has 0 saturated carbocycles. The van der Waals surface area contributed by atoms with E-state index < -0.39 is 0 Å². The summed E-state index contributed by atoms with van der Waals surface area (Å²) < 4.78 is 13.1. The third-order valence-corrected chi connectivity index (χ3v) is 3.66. The molecule has 1 saturated heterocycles. The second kappa shape index (κ2) is 3.20. The molecule has 0 amide bonds. The summed E-state index contributed by atoms with van der Waals surface area (Å²) in [5.74, 6) is -0.129. The smallest absolute Gasteiger partial charge is 0.123 e. The molecule has 2 N–H and O–H groups in total. The van der Waals surface area contributed by atoms with Crippen LogP contribution in [0, 0.1) is 5.82 Å². The van der Waals surface area contributed by atoms with Crippen molar-refractivity contribution in [2.45, 2.75) is 31.3 Å². The number of hydrogen-bond donors (Lipinski definition) is 1. The van der Waals surface area contributed by atoms with Crippen molar-refractivity contribution in [3.05, 3.63) is 29.6 Å². The van der Waals surface area contributed by atoms with Crippen molar-refractivity contribution in [2.75, 3.05) is 11.4 Å². The first-order chi connectivity index (χ1) is 7.25. The molecule has 0 aliphatic carbocycles. The van der Waals surface area contributed by atoms with Crippen molar-refractivity contribution < 1.29 is 4.39 Å². The van der Waals surface area contributed by atoms with Crippen LogP contribution in [0.4, 0.5) is 10.1 Å². The van der Waals surface area contributed by atoms with Gasteiger partial charge in [-0.3, -0.25) is 0 Å². The molecule has 3 rings (SSSR count). The molecular formula is C12H15FN2. The van der Waals surface area contributed by atoms with Crippen molar-refractivity contribution in [1.82, 2.24) is 0 Å². The largest absolute Gasteiger partial charge is 0.367 e. The first-order valence-electron chi connectivity index (χ1n) is 5.56. The molecule has 2 aliphatic heterocycles. The van der Waals surface area contributed by atoms with Crippen molar-refractivity contribution in [1.29, 1.82) is 0 Å². The molecule has 0 aromatic heterocycles. The van der Waals surface area contributed by atoms with Gasteiger partial charge in [-0.15, -0.1) is 0 Å². The van der Waals surface area contributed by atoms with Crippen LogP contribution in [-0.2, 0) is 6.42 Å². The van der Waals surface area contributed by atoms with Gasteiger partial charge < -0.3 is 10.6 Å². The summed E-state index contributed by atoms with van der Waals surface area (Å²) in [4.78, 5) is 2.35. The molecule has 0 radical (unpaired) electrons. The number of nitrogens with zero attached hydrogens (tertiary/aromatic N) is 1. The van der Waals surface area contributed by atoms with E-state index in [0.29, 0.717) is 12.1 Å². The summed E-state index contributed by atoms with van der Waals surface area (Å²) >= 11 is 0. The predicted molar refractivity (Wildman–Crippen MR) is 58.4 cm³/mol. The standard InChI is InChI=1S/C12H15FN2/c13-9-2-4-11-8(7-9)1-3-12-10(14)5-6-15(11)12/h2,4,7,10,12H,1,3,5-6,14H2. The van der Waals surface area contributed by atoms with Gasteiger partial charge in [-0.05, 0) is 43.0 Å². The van der Waals surface area contributed by atoms with E-state index in [2.05, 4.69) is 4.90 Å². The van der Waals surface area contributed by atoms with Crippen LogP contribution in [0.5, 0.6) is 0 Å². The zero-order valence-electron chi connectivity index (χ0n) is 8.62. The van der Waals surface area contributed by atoms with Gasteiger partial charge in [0.1, 0.15) is 5.82 Å². The number of aryl methyl sites for hydroxylation is 1. The lowest BCUT2D eigenvalue weighted by Crippen LogP contribution is -2.42. The summed E-state index contributed by atoms with van der Waals surface area (Å²) in [6.07, 6.45) is 3.08. The van der Waals surface area contributed by atoms with Crippen LogP contribution in [0.2, 0.25) is 0 Å². The molecule has 80 valence electrons. The van der Waals surface area contributed by atoms with E-state index in [1.807, 2.05) is 6.07 Å². The summed E-state index contributed by atoms with van der Waals surface area (Å²) in [6, 6.07) is 5.88. The second-order valence-electron chi connectivity index (χ2n) is 4.52. The Balaban J connectivity index is 2.02. The van der Waals surface area contributed by atoms with Crippen molar-refractivity contribution in [3.8, 4) is 0 Å². The van der Waals surface area contributed by atoms with Crippen molar-refractivity contribution in [3.63, 3.8) is 0 Å². The van der Waals surface area contributed by atoms with E-state index >= 15 is 0 Å². The second-order valence-corrected chi connectivity index (χ2v) is 4.52. The highest BCUT2D eigenvalue weighted by molar-refractivity contribution is 5.58. The molecule has 1 aromatic carbocycles. The van der Waals surface area contributed by atoms with Crippen LogP contribution in [-0.4, -0.2) is 18.6 Å². The first-order valence-corrected chi connectivity index (χ1v) is 5.56. The zero-order chi connectivity index (χ0) is 10.4. The lowest BCUT2D eigenvalue weighted by Gasteiger charge is -2.35. The van der Waals surface area contributed by atoms with Gasteiger partial charge in [-0.1, -0.05) is 0 Å². The minimum Gasteiger partial charge on any atom is -0.367 e. The summed E-state index contributed by atoms with van der Waals surface area (Å²) in [5, 5.41) is 0. The predicted octanol–water partition coefficient (Wildman–Crippen LogP) is 1.68. The van der Waals surface area contributed by atoms with Crippen molar-refractivity contribution >= 4 is 5.69 Å². The first kappa shape index (κ1) is 9.16. The molecule has 2 heterocycles. The van der Waals surface area contributed by atoms with Gasteiger partial charge >= 0.3 is 0 Å². The maximum absolute atomic E-state index is 13.1. The summed E-state index contributed by atoms with van der Waals surface area (Å²) in [7, 11) is 0. The van der Waals surface area contributed by atoms with Crippen LogP contribution in [0.15, 0.2) is 18.2 Å². The molecule has 2 aliphatic rings. The van der Waals surface area contributed by atoms with E-state index in [1.165, 1.54) is 5.69 Å². The highest BCUT2D eigenvalue weighted by atomic mass is 19.1. The molecule has 0 bridgehead atoms. The lowest BCUT2D eigenvalue weighted by atomic mass is 9.94. The molecule has 1 aromatic rings. The van der Waals surface area contributed by atoms with Gasteiger partial charge in [-0.25, -0.2) is 4.39 Å². The third kappa shape index (κ3) is 1.34. The minimum atomic E-state index is -0.129. The van der Waals surface area contributed by atoms with Crippen LogP contribution < -0.4 is 10.6 Å². The fraction of sp³-hybridized carbons (Fsp3) is 0.500. The molecule has 2 nitrogen and oxygen atoms in total. The number of hydrogen-bond acceptors (Lipinski definition) is 2. The molecular weight excluding hydrogens is 191 g/mol. The van der Waals surface area contributed by atoms with Gasteiger partial charge in [0.15, 0.2) is 0 Å². The Bertz CT molecular complexity index is 391. The van der Waals surface area contributed by atoms with Gasteiger partial charge in [0.05, 0.1) is 0 Å². The Labute approximate surface area is 88.9 Å². The van der Waals surface area contributed by atoms with Crippen LogP contribution >= 0.6 is 0 Å². The van der Waals surface area contributed by atoms with Gasteiger partial charge in [-0.2, -0.15) is 0 Å². The fourth-order valence-electron chi connectivity index (χ4n) is 2.88. The molecule has 2 unspecified atom stereocenters. The van der Waals surface area contributed by atoms with E-state index in [0.717, 1.165) is 31.4 Å². The number of fused-ring (bicyclic) bond motifs is 3. The molecule has 1 fully saturated rings. The number of rotatable bonds is 0. The van der Waals surface area contributed by atoms with Crippen LogP contribution in [0.25, 0.3) is 0 Å². The Morgan fingerprint density at radius 3 is 3.07 bits per heavy atom. The summed E-state index contributed by atoms with van der Waals surface area (Å²) in [5.41, 5.74) is 8.39. The molecule has 3 heteroatoms. The highest BCUT2D eigenvalue weighted by Gasteiger charge is 2.35. The average molecular weight is 206 g/mol. The average Bonchev–Trinajstić information content (AvgIpc) is 2.60. The topological polar surface area (TPSA) is 29.3 Å². The number of nitrogens with two attached hydrogens (primary N) is 1. The lowest BCUT2D eigenvalue weighted by molar-refractivity contribution is 0.524. The zero-order valence-corrected chi connectivity index (χ0v) is 8.62. The maximum atomic E-state index is 13.1. The number of anilines is 1. The Kier molecular flexibility index (Phi) is 1.96. The molecule has 15 heavy (non-hydrogen) atoms. The van der Waals surface area contributed by atoms with E-state index in [9.17, 15) is 4.39 Å². The normalized spacial score (nSPS) is 28.8. The molecule has 0 spiro atoms. The van der Waals surface area contributed by atoms with Crippen LogP contribution in [0.1, 0.15) is 18.4 Å². The Morgan fingerprint density at radius 2 is 2.20 bits per heavy atom. The third-order valence-electron chi connectivity index (χ3n) is 3.66. The minimum absolute atomic E-state index is 0.129. The highest BCUT2D eigenvalue weighted by Crippen LogP contribution is 2.35. The summed E-state index contributed by atoms with van der Waals surface area (Å²) in [6.45, 7) is 1.02. The number of halogens is 1. The van der Waals surface area contributed by atoms with E-state index in [-0.39, 0.29) is 5.82 Å². The van der Waals surface area contributed by atoms with Gasteiger partial charge in [0, 0.05) is 24.3 Å². The van der Waals surface area contributed by atoms with E-state index in [4.69, 9.17) is 5.73 Å². The van der Waals surface area contributed by atoms with E-state index in [1.54, 1.807) is 12.1 Å². The van der Waals surface area contributed by atoms with Gasteiger partial charge in [0.25, 0.3) is 0 Å². The quantitative estimate of drug-likeness (QED) is 0.699. The Morgan fingerprint density at radius 1 is 1.33 bits per heavy atom. The fourth-order valence-corrected chi connectivity index (χ4v) is 2.88. The molecule has 2 atom stereocenters. The maximum Gasteiger partial charge on any atom is 0.123 e. The van der Waals surface area contributed by atoms with Gasteiger partial charge in [0.2, 0.25) is 0 Å². The van der Waals surface area contributed by atoms with Crippen LogP contribution in [0.3, 0.4) is 0 Å². The Hall–Kier alpha value is -1.09. The van der Waals surface area contributed by atoms with Crippen molar-refractivity contribution in [2.24, 2.45) is 5.73 Å². The SMILES string of the molecule is NC1CCN2c3ccc(F)cc3CCC12. The number of benzene rings is 1. The monoisotopic (exact) mass is 206 g/mol.